The quantitative estimate of drug-likeness (QED) is 0.783. The Labute approximate surface area is 91.7 Å². The molecule has 0 amide bonds. The third-order valence-electron chi connectivity index (χ3n) is 2.25. The summed E-state index contributed by atoms with van der Waals surface area (Å²) in [5.74, 6) is -0.108. The number of halogens is 1. The Morgan fingerprint density at radius 3 is 2.50 bits per heavy atom. The number of hydrogen-bond donors (Lipinski definition) is 1. The summed E-state index contributed by atoms with van der Waals surface area (Å²) >= 11 is 0. The summed E-state index contributed by atoms with van der Waals surface area (Å²) in [4.78, 5) is 14.6. The van der Waals surface area contributed by atoms with Gasteiger partial charge in [0, 0.05) is 11.8 Å². The van der Waals surface area contributed by atoms with Gasteiger partial charge in [-0.3, -0.25) is 4.79 Å². The van der Waals surface area contributed by atoms with Crippen LogP contribution in [-0.4, -0.2) is 11.3 Å². The predicted molar refractivity (Wildman–Crippen MR) is 59.4 cm³/mol. The Bertz CT molecular complexity index is 523. The number of carbonyl (C=O) groups is 1. The van der Waals surface area contributed by atoms with E-state index in [4.69, 9.17) is 5.73 Å². The molecular formula is C12H9FN2O. The van der Waals surface area contributed by atoms with Crippen LogP contribution in [0.3, 0.4) is 0 Å². The average Bonchev–Trinajstić information content (AvgIpc) is 2.31. The molecule has 2 rings (SSSR count). The minimum Gasteiger partial charge on any atom is -0.383 e. The lowest BCUT2D eigenvalue weighted by Gasteiger charge is -2.03. The first-order chi connectivity index (χ1) is 7.70. The fourth-order valence-corrected chi connectivity index (χ4v) is 1.39. The van der Waals surface area contributed by atoms with E-state index in [0.717, 1.165) is 11.1 Å². The monoisotopic (exact) mass is 216 g/mol. The molecule has 2 aromatic rings. The molecule has 2 N–H and O–H groups in total. The highest BCUT2D eigenvalue weighted by atomic mass is 19.1. The number of pyridine rings is 1. The van der Waals surface area contributed by atoms with E-state index in [1.54, 1.807) is 24.4 Å². The second-order valence-corrected chi connectivity index (χ2v) is 3.32. The minimum absolute atomic E-state index is 0.195. The Kier molecular flexibility index (Phi) is 2.64. The first kappa shape index (κ1) is 10.3. The van der Waals surface area contributed by atoms with Crippen molar-refractivity contribution in [3.63, 3.8) is 0 Å². The Hall–Kier alpha value is -2.23. The van der Waals surface area contributed by atoms with E-state index < -0.39 is 0 Å². The standard InChI is InChI=1S/C12H9FN2O/c13-11-3-1-8(2-4-11)9-5-10(7-16)12(14)15-6-9/h1-7H,(H2,14,15). The number of rotatable bonds is 2. The molecule has 0 aliphatic carbocycles. The van der Waals surface area contributed by atoms with Crippen molar-refractivity contribution in [2.45, 2.75) is 0 Å². The molecule has 16 heavy (non-hydrogen) atoms. The summed E-state index contributed by atoms with van der Waals surface area (Å²) in [7, 11) is 0. The lowest BCUT2D eigenvalue weighted by Crippen LogP contribution is -1.96. The molecule has 0 spiro atoms. The van der Waals surface area contributed by atoms with Gasteiger partial charge in [-0.1, -0.05) is 12.1 Å². The molecular weight excluding hydrogens is 207 g/mol. The van der Waals surface area contributed by atoms with Crippen molar-refractivity contribution in [2.75, 3.05) is 5.73 Å². The van der Waals surface area contributed by atoms with Crippen molar-refractivity contribution in [3.05, 3.63) is 47.9 Å². The van der Waals surface area contributed by atoms with E-state index in [1.165, 1.54) is 12.1 Å². The molecule has 1 aromatic carbocycles. The number of nitrogens with zero attached hydrogens (tertiary/aromatic N) is 1. The van der Waals surface area contributed by atoms with Gasteiger partial charge in [-0.05, 0) is 23.8 Å². The molecule has 0 aliphatic heterocycles. The lowest BCUT2D eigenvalue weighted by atomic mass is 10.1. The first-order valence-electron chi connectivity index (χ1n) is 4.67. The molecule has 3 nitrogen and oxygen atoms in total. The van der Waals surface area contributed by atoms with E-state index in [1.807, 2.05) is 0 Å². The highest BCUT2D eigenvalue weighted by Gasteiger charge is 2.03. The summed E-state index contributed by atoms with van der Waals surface area (Å²) in [5.41, 5.74) is 7.36. The van der Waals surface area contributed by atoms with E-state index in [2.05, 4.69) is 4.98 Å². The molecule has 0 unspecified atom stereocenters. The number of aromatic nitrogens is 1. The Morgan fingerprint density at radius 1 is 1.19 bits per heavy atom. The second kappa shape index (κ2) is 4.10. The largest absolute Gasteiger partial charge is 0.383 e. The van der Waals surface area contributed by atoms with Crippen molar-refractivity contribution in [2.24, 2.45) is 0 Å². The first-order valence-corrected chi connectivity index (χ1v) is 4.67. The number of benzene rings is 1. The van der Waals surface area contributed by atoms with E-state index in [-0.39, 0.29) is 11.6 Å². The topological polar surface area (TPSA) is 56.0 Å². The molecule has 80 valence electrons. The number of anilines is 1. The van der Waals surface area contributed by atoms with Crippen LogP contribution in [0, 0.1) is 5.82 Å². The van der Waals surface area contributed by atoms with Crippen LogP contribution < -0.4 is 5.73 Å². The van der Waals surface area contributed by atoms with Crippen LogP contribution in [0.1, 0.15) is 10.4 Å². The Morgan fingerprint density at radius 2 is 1.88 bits per heavy atom. The SMILES string of the molecule is Nc1ncc(-c2ccc(F)cc2)cc1C=O. The molecule has 0 bridgehead atoms. The highest BCUT2D eigenvalue weighted by molar-refractivity contribution is 5.84. The van der Waals surface area contributed by atoms with Gasteiger partial charge in [-0.2, -0.15) is 0 Å². The molecule has 0 atom stereocenters. The predicted octanol–water partition coefficient (Wildman–Crippen LogP) is 2.28. The zero-order valence-corrected chi connectivity index (χ0v) is 8.35. The van der Waals surface area contributed by atoms with Crippen molar-refractivity contribution in [3.8, 4) is 11.1 Å². The van der Waals surface area contributed by atoms with E-state index >= 15 is 0 Å². The van der Waals surface area contributed by atoms with Gasteiger partial charge in [-0.25, -0.2) is 9.37 Å². The van der Waals surface area contributed by atoms with Crippen molar-refractivity contribution in [1.82, 2.24) is 4.98 Å². The van der Waals surface area contributed by atoms with Gasteiger partial charge in [0.15, 0.2) is 6.29 Å². The zero-order valence-electron chi connectivity index (χ0n) is 8.35. The van der Waals surface area contributed by atoms with E-state index in [0.29, 0.717) is 11.8 Å². The van der Waals surface area contributed by atoms with Crippen LogP contribution >= 0.6 is 0 Å². The van der Waals surface area contributed by atoms with Gasteiger partial charge >= 0.3 is 0 Å². The van der Waals surface area contributed by atoms with Crippen molar-refractivity contribution < 1.29 is 9.18 Å². The summed E-state index contributed by atoms with van der Waals surface area (Å²) < 4.78 is 12.7. The third-order valence-corrected chi connectivity index (χ3v) is 2.25. The summed E-state index contributed by atoms with van der Waals surface area (Å²) in [6, 6.07) is 7.58. The van der Waals surface area contributed by atoms with Crippen molar-refractivity contribution in [1.29, 1.82) is 0 Å². The molecule has 0 aliphatic rings. The smallest absolute Gasteiger partial charge is 0.153 e. The summed E-state index contributed by atoms with van der Waals surface area (Å²) in [5, 5.41) is 0. The maximum absolute atomic E-state index is 12.7. The maximum Gasteiger partial charge on any atom is 0.153 e. The van der Waals surface area contributed by atoms with Gasteiger partial charge in [0.1, 0.15) is 11.6 Å². The molecule has 0 saturated heterocycles. The van der Waals surface area contributed by atoms with Gasteiger partial charge in [0.2, 0.25) is 0 Å². The van der Waals surface area contributed by atoms with Crippen LogP contribution in [0.5, 0.6) is 0 Å². The fourth-order valence-electron chi connectivity index (χ4n) is 1.39. The van der Waals surface area contributed by atoms with Gasteiger partial charge in [0.05, 0.1) is 5.56 Å². The minimum atomic E-state index is -0.303. The fraction of sp³-hybridized carbons (Fsp3) is 0. The Balaban J connectivity index is 2.48. The number of nitrogens with two attached hydrogens (primary N) is 1. The zero-order chi connectivity index (χ0) is 11.5. The van der Waals surface area contributed by atoms with Crippen LogP contribution in [0.15, 0.2) is 36.5 Å². The third kappa shape index (κ3) is 1.91. The van der Waals surface area contributed by atoms with Crippen LogP contribution in [0.25, 0.3) is 11.1 Å². The summed E-state index contributed by atoms with van der Waals surface area (Å²) in [6.07, 6.45) is 2.20. The van der Waals surface area contributed by atoms with Gasteiger partial charge in [0.25, 0.3) is 0 Å². The lowest BCUT2D eigenvalue weighted by molar-refractivity contribution is 0.112. The molecule has 0 radical (unpaired) electrons. The number of nitrogen functional groups attached to an aromatic ring is 1. The van der Waals surface area contributed by atoms with E-state index in [9.17, 15) is 9.18 Å². The molecule has 1 aromatic heterocycles. The number of aldehydes is 1. The number of carbonyl (C=O) groups excluding carboxylic acids is 1. The molecule has 4 heteroatoms. The molecule has 0 saturated carbocycles. The maximum atomic E-state index is 12.7. The average molecular weight is 216 g/mol. The van der Waals surface area contributed by atoms with Crippen molar-refractivity contribution >= 4 is 12.1 Å². The second-order valence-electron chi connectivity index (χ2n) is 3.32. The van der Waals surface area contributed by atoms with Crippen LogP contribution in [-0.2, 0) is 0 Å². The molecule has 0 fully saturated rings. The van der Waals surface area contributed by atoms with Gasteiger partial charge in [-0.15, -0.1) is 0 Å². The highest BCUT2D eigenvalue weighted by Crippen LogP contribution is 2.21. The van der Waals surface area contributed by atoms with Crippen LogP contribution in [0.2, 0.25) is 0 Å². The molecule has 1 heterocycles. The van der Waals surface area contributed by atoms with Crippen LogP contribution in [0.4, 0.5) is 10.2 Å². The normalized spacial score (nSPS) is 10.1. The summed E-state index contributed by atoms with van der Waals surface area (Å²) in [6.45, 7) is 0. The van der Waals surface area contributed by atoms with Gasteiger partial charge < -0.3 is 5.73 Å². The number of hydrogen-bond acceptors (Lipinski definition) is 3.